The van der Waals surface area contributed by atoms with Gasteiger partial charge >= 0.3 is 0 Å². The van der Waals surface area contributed by atoms with Gasteiger partial charge < -0.3 is 10.3 Å². The lowest BCUT2D eigenvalue weighted by Crippen LogP contribution is -1.90. The number of anilines is 1. The molecule has 2 heterocycles. The first-order valence-electron chi connectivity index (χ1n) is 5.79. The maximum Gasteiger partial charge on any atom is 0.232 e. The van der Waals surface area contributed by atoms with Gasteiger partial charge in [-0.25, -0.2) is 0 Å². The van der Waals surface area contributed by atoms with Gasteiger partial charge in [-0.2, -0.15) is 0 Å². The summed E-state index contributed by atoms with van der Waals surface area (Å²) in [4.78, 5) is 4.27. The lowest BCUT2D eigenvalue weighted by atomic mass is 10.0. The number of nitrogens with two attached hydrogens (primary N) is 1. The van der Waals surface area contributed by atoms with E-state index in [1.807, 2.05) is 18.2 Å². The molecule has 0 bridgehead atoms. The third-order valence-corrected chi connectivity index (χ3v) is 3.37. The molecule has 0 aliphatic heterocycles. The highest BCUT2D eigenvalue weighted by atomic mass is 35.5. The third kappa shape index (κ3) is 2.24. The molecule has 20 heavy (non-hydrogen) atoms. The van der Waals surface area contributed by atoms with Crippen LogP contribution >= 0.6 is 23.2 Å². The molecule has 0 atom stereocenters. The average Bonchev–Trinajstić information content (AvgIpc) is 2.81. The molecule has 0 fully saturated rings. The Balaban J connectivity index is 2.21. The first-order chi connectivity index (χ1) is 9.66. The van der Waals surface area contributed by atoms with Crippen LogP contribution in [-0.4, -0.2) is 10.1 Å². The molecule has 0 spiro atoms. The van der Waals surface area contributed by atoms with E-state index in [1.165, 1.54) is 0 Å². The van der Waals surface area contributed by atoms with Crippen molar-refractivity contribution < 1.29 is 4.52 Å². The summed E-state index contributed by atoms with van der Waals surface area (Å²) >= 11 is 12.1. The highest BCUT2D eigenvalue weighted by Crippen LogP contribution is 2.38. The summed E-state index contributed by atoms with van der Waals surface area (Å²) in [7, 11) is 0. The molecular formula is C14H9Cl2N3O. The molecule has 4 nitrogen and oxygen atoms in total. The summed E-state index contributed by atoms with van der Waals surface area (Å²) in [6.07, 6.45) is 1.68. The predicted octanol–water partition coefficient (Wildman–Crippen LogP) is 4.29. The minimum Gasteiger partial charge on any atom is -0.367 e. The van der Waals surface area contributed by atoms with Gasteiger partial charge in [0.2, 0.25) is 5.88 Å². The fourth-order valence-corrected chi connectivity index (χ4v) is 2.42. The second kappa shape index (κ2) is 5.15. The van der Waals surface area contributed by atoms with Crippen LogP contribution < -0.4 is 5.73 Å². The van der Waals surface area contributed by atoms with Gasteiger partial charge in [0.1, 0.15) is 5.69 Å². The van der Waals surface area contributed by atoms with Gasteiger partial charge in [0, 0.05) is 16.8 Å². The van der Waals surface area contributed by atoms with Crippen molar-refractivity contribution in [1.82, 2.24) is 10.1 Å². The summed E-state index contributed by atoms with van der Waals surface area (Å²) in [6.45, 7) is 0. The normalized spacial score (nSPS) is 10.7. The number of rotatable bonds is 2. The van der Waals surface area contributed by atoms with E-state index < -0.39 is 0 Å². The SMILES string of the molecule is Nc1onc(-c2ccc(Cl)cc2Cl)c1-c1ccccn1. The zero-order valence-corrected chi connectivity index (χ0v) is 11.7. The summed E-state index contributed by atoms with van der Waals surface area (Å²) in [5.74, 6) is 0.199. The lowest BCUT2D eigenvalue weighted by Gasteiger charge is -2.04. The van der Waals surface area contributed by atoms with Crippen molar-refractivity contribution >= 4 is 29.1 Å². The van der Waals surface area contributed by atoms with Crippen molar-refractivity contribution in [2.75, 3.05) is 5.73 Å². The van der Waals surface area contributed by atoms with Crippen LogP contribution in [0.3, 0.4) is 0 Å². The fourth-order valence-electron chi connectivity index (χ4n) is 1.93. The van der Waals surface area contributed by atoms with Gasteiger partial charge in [-0.1, -0.05) is 34.4 Å². The van der Waals surface area contributed by atoms with Crippen molar-refractivity contribution in [2.24, 2.45) is 0 Å². The van der Waals surface area contributed by atoms with E-state index in [1.54, 1.807) is 24.4 Å². The van der Waals surface area contributed by atoms with Crippen LogP contribution in [0.2, 0.25) is 10.0 Å². The minimum absolute atomic E-state index is 0.199. The molecule has 0 saturated heterocycles. The number of halogens is 2. The van der Waals surface area contributed by atoms with Crippen LogP contribution in [-0.2, 0) is 0 Å². The molecule has 2 N–H and O–H groups in total. The Hall–Kier alpha value is -2.04. The molecule has 1 aromatic carbocycles. The number of pyridine rings is 1. The van der Waals surface area contributed by atoms with Gasteiger partial charge in [-0.15, -0.1) is 0 Å². The molecule has 100 valence electrons. The van der Waals surface area contributed by atoms with E-state index in [4.69, 9.17) is 33.5 Å². The van der Waals surface area contributed by atoms with Crippen LogP contribution in [0.15, 0.2) is 47.1 Å². The second-order valence-electron chi connectivity index (χ2n) is 4.11. The maximum absolute atomic E-state index is 6.21. The van der Waals surface area contributed by atoms with Gasteiger partial charge in [-0.05, 0) is 30.3 Å². The Morgan fingerprint density at radius 3 is 2.65 bits per heavy atom. The molecule has 0 unspecified atom stereocenters. The molecule has 0 aliphatic rings. The zero-order chi connectivity index (χ0) is 14.1. The number of aromatic nitrogens is 2. The van der Waals surface area contributed by atoms with Crippen LogP contribution in [0.1, 0.15) is 0 Å². The molecule has 0 amide bonds. The lowest BCUT2D eigenvalue weighted by molar-refractivity contribution is 0.439. The van der Waals surface area contributed by atoms with E-state index in [2.05, 4.69) is 10.1 Å². The van der Waals surface area contributed by atoms with Crippen molar-refractivity contribution in [3.63, 3.8) is 0 Å². The smallest absolute Gasteiger partial charge is 0.232 e. The molecule has 0 radical (unpaired) electrons. The van der Waals surface area contributed by atoms with E-state index in [0.29, 0.717) is 32.6 Å². The summed E-state index contributed by atoms with van der Waals surface area (Å²) in [5, 5.41) is 5.01. The Bertz CT molecular complexity index is 756. The van der Waals surface area contributed by atoms with Gasteiger partial charge in [0.05, 0.1) is 16.3 Å². The van der Waals surface area contributed by atoms with E-state index in [0.717, 1.165) is 0 Å². The van der Waals surface area contributed by atoms with E-state index >= 15 is 0 Å². The largest absolute Gasteiger partial charge is 0.367 e. The predicted molar refractivity (Wildman–Crippen MR) is 79.6 cm³/mol. The molecule has 0 aliphatic carbocycles. The Morgan fingerprint density at radius 2 is 1.95 bits per heavy atom. The van der Waals surface area contributed by atoms with Gasteiger partial charge in [-0.3, -0.25) is 4.98 Å². The summed E-state index contributed by atoms with van der Waals surface area (Å²) in [5.41, 5.74) is 8.38. The maximum atomic E-state index is 6.21. The summed E-state index contributed by atoms with van der Waals surface area (Å²) in [6, 6.07) is 10.7. The standard InChI is InChI=1S/C14H9Cl2N3O/c15-8-4-5-9(10(16)7-8)13-12(14(17)20-19-13)11-3-1-2-6-18-11/h1-7H,17H2. The highest BCUT2D eigenvalue weighted by Gasteiger charge is 2.20. The fraction of sp³-hybridized carbons (Fsp3) is 0. The van der Waals surface area contributed by atoms with Crippen molar-refractivity contribution in [1.29, 1.82) is 0 Å². The number of benzene rings is 1. The number of nitrogen functional groups attached to an aromatic ring is 1. The highest BCUT2D eigenvalue weighted by molar-refractivity contribution is 6.36. The molecule has 0 saturated carbocycles. The first kappa shape index (κ1) is 13.0. The zero-order valence-electron chi connectivity index (χ0n) is 10.2. The Kier molecular flexibility index (Phi) is 3.34. The monoisotopic (exact) mass is 305 g/mol. The van der Waals surface area contributed by atoms with Gasteiger partial charge in [0.25, 0.3) is 0 Å². The Morgan fingerprint density at radius 1 is 1.10 bits per heavy atom. The number of hydrogen-bond donors (Lipinski definition) is 1. The first-order valence-corrected chi connectivity index (χ1v) is 6.54. The van der Waals surface area contributed by atoms with E-state index in [-0.39, 0.29) is 5.88 Å². The van der Waals surface area contributed by atoms with Crippen molar-refractivity contribution in [2.45, 2.75) is 0 Å². The van der Waals surface area contributed by atoms with Crippen LogP contribution in [0.25, 0.3) is 22.5 Å². The molecular weight excluding hydrogens is 297 g/mol. The second-order valence-corrected chi connectivity index (χ2v) is 4.95. The number of hydrogen-bond acceptors (Lipinski definition) is 4. The molecule has 2 aromatic heterocycles. The average molecular weight is 306 g/mol. The Labute approximate surface area is 125 Å². The third-order valence-electron chi connectivity index (χ3n) is 2.83. The van der Waals surface area contributed by atoms with Crippen LogP contribution in [0.4, 0.5) is 5.88 Å². The quantitative estimate of drug-likeness (QED) is 0.767. The minimum atomic E-state index is 0.199. The van der Waals surface area contributed by atoms with Gasteiger partial charge in [0.15, 0.2) is 0 Å². The molecule has 3 aromatic rings. The van der Waals surface area contributed by atoms with Crippen LogP contribution in [0.5, 0.6) is 0 Å². The van der Waals surface area contributed by atoms with E-state index in [9.17, 15) is 0 Å². The van der Waals surface area contributed by atoms with Crippen molar-refractivity contribution in [3.8, 4) is 22.5 Å². The molecule has 3 rings (SSSR count). The molecule has 6 heteroatoms. The van der Waals surface area contributed by atoms with Crippen LogP contribution in [0, 0.1) is 0 Å². The summed E-state index contributed by atoms with van der Waals surface area (Å²) < 4.78 is 5.09. The number of nitrogens with zero attached hydrogens (tertiary/aromatic N) is 2. The topological polar surface area (TPSA) is 64.9 Å². The van der Waals surface area contributed by atoms with Crippen molar-refractivity contribution in [3.05, 3.63) is 52.6 Å².